The number of hydrogen-bond acceptors (Lipinski definition) is 4. The van der Waals surface area contributed by atoms with E-state index < -0.39 is 0 Å². The van der Waals surface area contributed by atoms with Gasteiger partial charge in [0.1, 0.15) is 10.2 Å². The molecule has 2 rings (SSSR count). The first kappa shape index (κ1) is 12.5. The molecular formula is C11H15ClN2S2. The summed E-state index contributed by atoms with van der Waals surface area (Å²) in [5.41, 5.74) is 0. The molecule has 0 aromatic carbocycles. The van der Waals surface area contributed by atoms with Crippen LogP contribution in [0.4, 0.5) is 0 Å². The van der Waals surface area contributed by atoms with Crippen LogP contribution in [-0.4, -0.2) is 22.0 Å². The van der Waals surface area contributed by atoms with Gasteiger partial charge in [0.2, 0.25) is 0 Å². The van der Waals surface area contributed by atoms with Gasteiger partial charge in [0.05, 0.1) is 0 Å². The van der Waals surface area contributed by atoms with Crippen LogP contribution in [-0.2, 0) is 0 Å². The van der Waals surface area contributed by atoms with Crippen LogP contribution in [0.3, 0.4) is 0 Å². The van der Waals surface area contributed by atoms with Crippen molar-refractivity contribution in [1.82, 2.24) is 9.97 Å². The lowest BCUT2D eigenvalue weighted by Crippen LogP contribution is -1.97. The molecule has 5 heteroatoms. The number of nitrogens with zero attached hydrogens (tertiary/aromatic N) is 2. The highest BCUT2D eigenvalue weighted by Gasteiger charge is 2.15. The summed E-state index contributed by atoms with van der Waals surface area (Å²) in [6.45, 7) is 0. The van der Waals surface area contributed by atoms with Gasteiger partial charge in [-0.15, -0.1) is 11.8 Å². The van der Waals surface area contributed by atoms with Crippen molar-refractivity contribution in [3.63, 3.8) is 0 Å². The molecule has 0 spiro atoms. The first-order chi connectivity index (χ1) is 7.78. The minimum absolute atomic E-state index is 0.549. The fourth-order valence-electron chi connectivity index (χ4n) is 1.92. The normalized spacial score (nSPS) is 16.9. The number of thioether (sulfide) groups is 2. The van der Waals surface area contributed by atoms with Gasteiger partial charge in [-0.2, -0.15) is 0 Å². The van der Waals surface area contributed by atoms with E-state index in [0.29, 0.717) is 5.15 Å². The molecular weight excluding hydrogens is 260 g/mol. The predicted molar refractivity (Wildman–Crippen MR) is 71.5 cm³/mol. The van der Waals surface area contributed by atoms with Crippen molar-refractivity contribution in [3.8, 4) is 0 Å². The summed E-state index contributed by atoms with van der Waals surface area (Å²) in [6.07, 6.45) is 7.51. The molecule has 0 unspecified atom stereocenters. The molecule has 0 atom stereocenters. The quantitative estimate of drug-likeness (QED) is 0.468. The third-order valence-electron chi connectivity index (χ3n) is 2.78. The Morgan fingerprint density at radius 1 is 1.38 bits per heavy atom. The third kappa shape index (κ3) is 3.54. The fraction of sp³-hybridized carbons (Fsp3) is 0.636. The number of hydrogen-bond donors (Lipinski definition) is 0. The molecule has 0 bridgehead atoms. The van der Waals surface area contributed by atoms with Crippen molar-refractivity contribution in [1.29, 1.82) is 0 Å². The molecule has 1 saturated carbocycles. The van der Waals surface area contributed by atoms with Gasteiger partial charge in [0.25, 0.3) is 0 Å². The van der Waals surface area contributed by atoms with E-state index in [1.807, 2.05) is 24.1 Å². The maximum atomic E-state index is 5.95. The Kier molecular flexibility index (Phi) is 4.79. The molecule has 88 valence electrons. The summed E-state index contributed by atoms with van der Waals surface area (Å²) < 4.78 is 0. The second-order valence-electron chi connectivity index (χ2n) is 3.98. The summed E-state index contributed by atoms with van der Waals surface area (Å²) in [4.78, 5) is 8.58. The molecule has 1 aliphatic carbocycles. The largest absolute Gasteiger partial charge is 0.216 e. The van der Waals surface area contributed by atoms with E-state index in [0.717, 1.165) is 16.1 Å². The lowest BCUT2D eigenvalue weighted by molar-refractivity contribution is 0.622. The Hall–Kier alpha value is 0.0700. The fourth-order valence-corrected chi connectivity index (χ4v) is 3.74. The highest BCUT2D eigenvalue weighted by molar-refractivity contribution is 7.99. The molecule has 1 heterocycles. The van der Waals surface area contributed by atoms with Crippen LogP contribution in [0, 0.1) is 5.92 Å². The summed E-state index contributed by atoms with van der Waals surface area (Å²) in [7, 11) is 0. The summed E-state index contributed by atoms with van der Waals surface area (Å²) in [5, 5.41) is 2.32. The molecule has 1 fully saturated rings. The second kappa shape index (κ2) is 6.12. The monoisotopic (exact) mass is 274 g/mol. The van der Waals surface area contributed by atoms with E-state index in [4.69, 9.17) is 11.6 Å². The van der Waals surface area contributed by atoms with Crippen LogP contribution < -0.4 is 0 Å². The Labute approximate surface area is 110 Å². The first-order valence-corrected chi connectivity index (χ1v) is 8.08. The molecule has 1 aromatic heterocycles. The second-order valence-corrected chi connectivity index (χ2v) is 6.18. The average Bonchev–Trinajstić information content (AvgIpc) is 2.78. The summed E-state index contributed by atoms with van der Waals surface area (Å²) in [6, 6.07) is 1.86. The highest BCUT2D eigenvalue weighted by Crippen LogP contribution is 2.31. The van der Waals surface area contributed by atoms with Crippen LogP contribution in [0.5, 0.6) is 0 Å². The Morgan fingerprint density at radius 2 is 2.12 bits per heavy atom. The molecule has 2 nitrogen and oxygen atoms in total. The van der Waals surface area contributed by atoms with Crippen molar-refractivity contribution >= 4 is 35.1 Å². The van der Waals surface area contributed by atoms with Crippen LogP contribution in [0.15, 0.2) is 16.2 Å². The van der Waals surface area contributed by atoms with E-state index in [9.17, 15) is 0 Å². The smallest absolute Gasteiger partial charge is 0.189 e. The zero-order valence-electron chi connectivity index (χ0n) is 9.28. The standard InChI is InChI=1S/C11H15ClN2S2/c1-15-11-13-9(12)6-10(14-11)16-7-8-4-2-3-5-8/h6,8H,2-5,7H2,1H3. The van der Waals surface area contributed by atoms with Crippen molar-refractivity contribution in [2.24, 2.45) is 5.92 Å². The van der Waals surface area contributed by atoms with Gasteiger partial charge in [0.15, 0.2) is 5.16 Å². The van der Waals surface area contributed by atoms with Gasteiger partial charge < -0.3 is 0 Å². The molecule has 1 aromatic rings. The molecule has 16 heavy (non-hydrogen) atoms. The first-order valence-electron chi connectivity index (χ1n) is 5.49. The van der Waals surface area contributed by atoms with Crippen molar-refractivity contribution < 1.29 is 0 Å². The van der Waals surface area contributed by atoms with Gasteiger partial charge in [-0.3, -0.25) is 0 Å². The molecule has 0 amide bonds. The van der Waals surface area contributed by atoms with E-state index >= 15 is 0 Å². The van der Waals surface area contributed by atoms with Crippen LogP contribution in [0.25, 0.3) is 0 Å². The molecule has 0 radical (unpaired) electrons. The number of rotatable bonds is 4. The van der Waals surface area contributed by atoms with Crippen molar-refractivity contribution in [2.75, 3.05) is 12.0 Å². The molecule has 0 N–H and O–H groups in total. The van der Waals surface area contributed by atoms with E-state index in [1.54, 1.807) is 0 Å². The van der Waals surface area contributed by atoms with E-state index in [2.05, 4.69) is 9.97 Å². The van der Waals surface area contributed by atoms with Crippen molar-refractivity contribution in [2.45, 2.75) is 35.9 Å². The van der Waals surface area contributed by atoms with E-state index in [1.165, 1.54) is 43.2 Å². The zero-order chi connectivity index (χ0) is 11.4. The minimum Gasteiger partial charge on any atom is -0.216 e. The Bertz CT molecular complexity index is 354. The summed E-state index contributed by atoms with van der Waals surface area (Å²) in [5.74, 6) is 2.04. The number of halogens is 1. The highest BCUT2D eigenvalue weighted by atomic mass is 35.5. The van der Waals surface area contributed by atoms with Gasteiger partial charge in [-0.05, 0) is 25.0 Å². The number of aromatic nitrogens is 2. The van der Waals surface area contributed by atoms with Gasteiger partial charge >= 0.3 is 0 Å². The predicted octanol–water partition coefficient (Wildman–Crippen LogP) is 4.13. The Balaban J connectivity index is 1.94. The minimum atomic E-state index is 0.549. The van der Waals surface area contributed by atoms with Gasteiger partial charge in [-0.1, -0.05) is 36.2 Å². The zero-order valence-corrected chi connectivity index (χ0v) is 11.7. The van der Waals surface area contributed by atoms with Crippen LogP contribution in [0.2, 0.25) is 5.15 Å². The average molecular weight is 275 g/mol. The maximum Gasteiger partial charge on any atom is 0.189 e. The molecule has 0 aliphatic heterocycles. The van der Waals surface area contributed by atoms with Crippen LogP contribution in [0.1, 0.15) is 25.7 Å². The van der Waals surface area contributed by atoms with Crippen molar-refractivity contribution in [3.05, 3.63) is 11.2 Å². The third-order valence-corrected chi connectivity index (χ3v) is 4.66. The molecule has 0 saturated heterocycles. The maximum absolute atomic E-state index is 5.95. The van der Waals surface area contributed by atoms with E-state index in [-0.39, 0.29) is 0 Å². The SMILES string of the molecule is CSc1nc(Cl)cc(SCC2CCCC2)n1. The van der Waals surface area contributed by atoms with Crippen LogP contribution >= 0.6 is 35.1 Å². The van der Waals surface area contributed by atoms with Gasteiger partial charge in [0, 0.05) is 11.8 Å². The Morgan fingerprint density at radius 3 is 2.81 bits per heavy atom. The molecule has 1 aliphatic rings. The summed E-state index contributed by atoms with van der Waals surface area (Å²) >= 11 is 9.29. The lowest BCUT2D eigenvalue weighted by Gasteiger charge is -2.08. The lowest BCUT2D eigenvalue weighted by atomic mass is 10.1. The topological polar surface area (TPSA) is 25.8 Å². The van der Waals surface area contributed by atoms with Gasteiger partial charge in [-0.25, -0.2) is 9.97 Å².